The number of benzene rings is 2. The summed E-state index contributed by atoms with van der Waals surface area (Å²) in [7, 11) is 0. The van der Waals surface area contributed by atoms with E-state index >= 15 is 0 Å². The average Bonchev–Trinajstić information content (AvgIpc) is 3.17. The summed E-state index contributed by atoms with van der Waals surface area (Å²) >= 11 is 0. The molecule has 1 aliphatic heterocycles. The zero-order valence-corrected chi connectivity index (χ0v) is 16.1. The van der Waals surface area contributed by atoms with E-state index in [0.29, 0.717) is 37.8 Å². The molecular formula is C22H23FN4O. The van der Waals surface area contributed by atoms with Crippen molar-refractivity contribution in [2.45, 2.75) is 13.8 Å². The van der Waals surface area contributed by atoms with Gasteiger partial charge in [-0.1, -0.05) is 29.3 Å². The molecule has 28 heavy (non-hydrogen) atoms. The highest BCUT2D eigenvalue weighted by Crippen LogP contribution is 2.22. The number of piperazine rings is 1. The first-order chi connectivity index (χ1) is 13.5. The molecule has 0 bridgehead atoms. The van der Waals surface area contributed by atoms with Crippen LogP contribution in [0.5, 0.6) is 0 Å². The first kappa shape index (κ1) is 18.2. The summed E-state index contributed by atoms with van der Waals surface area (Å²) in [5.74, 6) is 0.470. The number of aromatic nitrogens is 2. The molecule has 2 aromatic carbocycles. The molecule has 0 unspecified atom stereocenters. The molecule has 144 valence electrons. The van der Waals surface area contributed by atoms with E-state index in [-0.39, 0.29) is 11.7 Å². The van der Waals surface area contributed by atoms with E-state index in [9.17, 15) is 9.18 Å². The smallest absolute Gasteiger partial charge is 0.253 e. The number of carbonyl (C=O) groups is 1. The van der Waals surface area contributed by atoms with Gasteiger partial charge in [-0.3, -0.25) is 9.36 Å². The van der Waals surface area contributed by atoms with Gasteiger partial charge in [0.15, 0.2) is 0 Å². The molecule has 1 aliphatic rings. The molecule has 0 saturated carbocycles. The summed E-state index contributed by atoms with van der Waals surface area (Å²) in [5.41, 5.74) is 3.39. The molecule has 2 heterocycles. The topological polar surface area (TPSA) is 41.4 Å². The lowest BCUT2D eigenvalue weighted by Crippen LogP contribution is -2.49. The number of imidazole rings is 1. The van der Waals surface area contributed by atoms with E-state index in [1.807, 2.05) is 36.9 Å². The third-order valence-electron chi connectivity index (χ3n) is 5.05. The molecule has 0 N–H and O–H groups in total. The normalized spacial score (nSPS) is 14.4. The molecule has 1 amide bonds. The Hall–Kier alpha value is -3.15. The van der Waals surface area contributed by atoms with Crippen LogP contribution in [-0.2, 0) is 0 Å². The van der Waals surface area contributed by atoms with Crippen molar-refractivity contribution in [1.29, 1.82) is 0 Å². The monoisotopic (exact) mass is 378 g/mol. The molecule has 1 aromatic heterocycles. The van der Waals surface area contributed by atoms with Gasteiger partial charge in [-0.2, -0.15) is 0 Å². The molecule has 0 radical (unpaired) electrons. The Morgan fingerprint density at radius 3 is 2.36 bits per heavy atom. The van der Waals surface area contributed by atoms with Crippen LogP contribution in [0.3, 0.4) is 0 Å². The zero-order valence-electron chi connectivity index (χ0n) is 16.1. The number of carbonyl (C=O) groups excluding carboxylic acids is 1. The molecule has 0 spiro atoms. The second kappa shape index (κ2) is 7.46. The highest BCUT2D eigenvalue weighted by molar-refractivity contribution is 5.94. The van der Waals surface area contributed by atoms with Gasteiger partial charge in [0.25, 0.3) is 5.91 Å². The number of amides is 1. The fourth-order valence-electron chi connectivity index (χ4n) is 3.75. The van der Waals surface area contributed by atoms with Gasteiger partial charge < -0.3 is 9.80 Å². The van der Waals surface area contributed by atoms with Crippen molar-refractivity contribution in [3.63, 3.8) is 0 Å². The van der Waals surface area contributed by atoms with Gasteiger partial charge in [-0.05, 0) is 38.1 Å². The van der Waals surface area contributed by atoms with E-state index in [0.717, 1.165) is 16.7 Å². The first-order valence-electron chi connectivity index (χ1n) is 9.44. The Kier molecular flexibility index (Phi) is 4.86. The Morgan fingerprint density at radius 2 is 1.68 bits per heavy atom. The minimum atomic E-state index is -0.287. The number of para-hydroxylation sites is 1. The summed E-state index contributed by atoms with van der Waals surface area (Å²) in [5, 5.41) is 0. The second-order valence-corrected chi connectivity index (χ2v) is 7.20. The van der Waals surface area contributed by atoms with Gasteiger partial charge in [-0.25, -0.2) is 9.37 Å². The van der Waals surface area contributed by atoms with Crippen molar-refractivity contribution in [3.05, 3.63) is 77.4 Å². The molecule has 1 saturated heterocycles. The summed E-state index contributed by atoms with van der Waals surface area (Å²) in [6.07, 6.45) is 3.44. The minimum absolute atomic E-state index is 0.0592. The maximum Gasteiger partial charge on any atom is 0.253 e. The Balaban J connectivity index is 1.49. The van der Waals surface area contributed by atoms with Gasteiger partial charge in [0.2, 0.25) is 5.95 Å². The van der Waals surface area contributed by atoms with Gasteiger partial charge in [0.1, 0.15) is 5.82 Å². The third kappa shape index (κ3) is 3.50. The van der Waals surface area contributed by atoms with Crippen LogP contribution in [0.4, 0.5) is 10.3 Å². The average molecular weight is 378 g/mol. The maximum absolute atomic E-state index is 14.2. The predicted octanol–water partition coefficient (Wildman–Crippen LogP) is 3.59. The quantitative estimate of drug-likeness (QED) is 0.699. The first-order valence-corrected chi connectivity index (χ1v) is 9.44. The third-order valence-corrected chi connectivity index (χ3v) is 5.05. The molecule has 6 heteroatoms. The Morgan fingerprint density at radius 1 is 1.00 bits per heavy atom. The summed E-state index contributed by atoms with van der Waals surface area (Å²) in [6, 6.07) is 12.6. The van der Waals surface area contributed by atoms with Crippen LogP contribution in [0.15, 0.2) is 54.9 Å². The van der Waals surface area contributed by atoms with Gasteiger partial charge in [0.05, 0.1) is 5.69 Å². The number of halogens is 1. The SMILES string of the molecule is Cc1cc(C)cc(C(=O)N2CCN(c3nccn3-c3ccccc3F)CC2)c1. The lowest BCUT2D eigenvalue weighted by molar-refractivity contribution is 0.0746. The van der Waals surface area contributed by atoms with Crippen molar-refractivity contribution in [2.75, 3.05) is 31.1 Å². The largest absolute Gasteiger partial charge is 0.338 e. The summed E-state index contributed by atoms with van der Waals surface area (Å²) < 4.78 is 16.0. The second-order valence-electron chi connectivity index (χ2n) is 7.20. The molecule has 0 atom stereocenters. The lowest BCUT2D eigenvalue weighted by atomic mass is 10.1. The van der Waals surface area contributed by atoms with E-state index in [1.165, 1.54) is 6.07 Å². The number of anilines is 1. The van der Waals surface area contributed by atoms with Crippen molar-refractivity contribution < 1.29 is 9.18 Å². The summed E-state index contributed by atoms with van der Waals surface area (Å²) in [6.45, 7) is 6.53. The fourth-order valence-corrected chi connectivity index (χ4v) is 3.75. The van der Waals surface area contributed by atoms with E-state index in [2.05, 4.69) is 16.0 Å². The van der Waals surface area contributed by atoms with Gasteiger partial charge >= 0.3 is 0 Å². The highest BCUT2D eigenvalue weighted by Gasteiger charge is 2.25. The lowest BCUT2D eigenvalue weighted by Gasteiger charge is -2.35. The van der Waals surface area contributed by atoms with Crippen LogP contribution in [0.25, 0.3) is 5.69 Å². The Labute approximate surface area is 164 Å². The maximum atomic E-state index is 14.2. The van der Waals surface area contributed by atoms with E-state index in [4.69, 9.17) is 0 Å². The van der Waals surface area contributed by atoms with Crippen LogP contribution in [0.2, 0.25) is 0 Å². The minimum Gasteiger partial charge on any atom is -0.338 e. The van der Waals surface area contributed by atoms with Crippen molar-refractivity contribution in [3.8, 4) is 5.69 Å². The molecule has 5 nitrogen and oxygen atoms in total. The molecule has 1 fully saturated rings. The molecule has 4 rings (SSSR count). The number of hydrogen-bond acceptors (Lipinski definition) is 3. The molecular weight excluding hydrogens is 355 g/mol. The fraction of sp³-hybridized carbons (Fsp3) is 0.273. The zero-order chi connectivity index (χ0) is 19.7. The number of aryl methyl sites for hydroxylation is 2. The van der Waals surface area contributed by atoms with Crippen LogP contribution in [0, 0.1) is 19.7 Å². The van der Waals surface area contributed by atoms with Crippen molar-refractivity contribution >= 4 is 11.9 Å². The highest BCUT2D eigenvalue weighted by atomic mass is 19.1. The van der Waals surface area contributed by atoms with Gasteiger partial charge in [-0.15, -0.1) is 0 Å². The van der Waals surface area contributed by atoms with Crippen LogP contribution < -0.4 is 4.90 Å². The molecule has 3 aromatic rings. The van der Waals surface area contributed by atoms with Crippen LogP contribution in [0.1, 0.15) is 21.5 Å². The number of hydrogen-bond donors (Lipinski definition) is 0. The van der Waals surface area contributed by atoms with Crippen LogP contribution >= 0.6 is 0 Å². The van der Waals surface area contributed by atoms with Crippen LogP contribution in [-0.4, -0.2) is 46.5 Å². The van der Waals surface area contributed by atoms with E-state index < -0.39 is 0 Å². The van der Waals surface area contributed by atoms with Gasteiger partial charge in [0, 0.05) is 44.1 Å². The molecule has 0 aliphatic carbocycles. The van der Waals surface area contributed by atoms with Crippen molar-refractivity contribution in [2.24, 2.45) is 0 Å². The standard InChI is InChI=1S/C22H23FN4O/c1-16-13-17(2)15-18(14-16)21(28)25-9-11-26(12-10-25)22-24-7-8-27(22)20-6-4-3-5-19(20)23/h3-8,13-15H,9-12H2,1-2H3. The van der Waals surface area contributed by atoms with Crippen molar-refractivity contribution in [1.82, 2.24) is 14.5 Å². The summed E-state index contributed by atoms with van der Waals surface area (Å²) in [4.78, 5) is 21.3. The van der Waals surface area contributed by atoms with E-state index in [1.54, 1.807) is 29.1 Å². The predicted molar refractivity (Wildman–Crippen MR) is 108 cm³/mol. The number of rotatable bonds is 3. The Bertz CT molecular complexity index is 985. The number of nitrogens with zero attached hydrogens (tertiary/aromatic N) is 4.